The SMILES string of the molecule is CCC1CCCCC1SSC(O)(C[N+](C)(C)C)P(=O)(O)O. The number of likely N-dealkylation sites (N-methyl/N-ethyl adjacent to an activating group) is 1. The molecule has 0 bridgehead atoms. The molecule has 8 heteroatoms. The Kier molecular flexibility index (Phi) is 7.13. The van der Waals surface area contributed by atoms with Crippen LogP contribution in [0.4, 0.5) is 0 Å². The smallest absolute Gasteiger partial charge is 0.364 e. The molecule has 21 heavy (non-hydrogen) atoms. The van der Waals surface area contributed by atoms with Crippen LogP contribution in [0.15, 0.2) is 0 Å². The van der Waals surface area contributed by atoms with Gasteiger partial charge in [0.15, 0.2) is 0 Å². The van der Waals surface area contributed by atoms with Gasteiger partial charge in [0.1, 0.15) is 6.54 Å². The molecule has 3 unspecified atom stereocenters. The Morgan fingerprint density at radius 2 is 1.81 bits per heavy atom. The van der Waals surface area contributed by atoms with Crippen molar-refractivity contribution in [2.45, 2.75) is 49.0 Å². The summed E-state index contributed by atoms with van der Waals surface area (Å²) in [7, 11) is 3.31. The van der Waals surface area contributed by atoms with Crippen molar-refractivity contribution in [3.63, 3.8) is 0 Å². The average molecular weight is 358 g/mol. The maximum Gasteiger partial charge on any atom is 0.374 e. The molecule has 5 nitrogen and oxygen atoms in total. The zero-order chi connectivity index (χ0) is 16.3. The summed E-state index contributed by atoms with van der Waals surface area (Å²) in [5.74, 6) is 0.585. The standard InChI is InChI=1S/C13H28NO4PS2/c1-5-11-8-6-7-9-12(11)20-21-13(15,19(16,17)18)10-14(2,3)4/h11-12,15H,5-10H2,1-4H3,(H-,16,17,18)/p+1. The highest BCUT2D eigenvalue weighted by Gasteiger charge is 2.51. The Labute approximate surface area is 136 Å². The van der Waals surface area contributed by atoms with Crippen molar-refractivity contribution < 1.29 is 23.9 Å². The molecule has 0 radical (unpaired) electrons. The van der Waals surface area contributed by atoms with Crippen LogP contribution in [0.1, 0.15) is 39.0 Å². The highest BCUT2D eigenvalue weighted by atomic mass is 33.1. The van der Waals surface area contributed by atoms with Gasteiger partial charge in [-0.05, 0) is 29.6 Å². The summed E-state index contributed by atoms with van der Waals surface area (Å²) in [5.41, 5.74) is 0. The molecule has 0 spiro atoms. The van der Waals surface area contributed by atoms with Gasteiger partial charge in [0.25, 0.3) is 4.67 Å². The molecule has 1 rings (SSSR count). The van der Waals surface area contributed by atoms with E-state index in [0.717, 1.165) is 23.6 Å². The van der Waals surface area contributed by atoms with E-state index in [9.17, 15) is 19.5 Å². The van der Waals surface area contributed by atoms with Gasteiger partial charge in [-0.15, -0.1) is 0 Å². The predicted molar refractivity (Wildman–Crippen MR) is 91.1 cm³/mol. The lowest BCUT2D eigenvalue weighted by Gasteiger charge is -2.36. The highest BCUT2D eigenvalue weighted by molar-refractivity contribution is 8.78. The molecule has 1 aliphatic rings. The van der Waals surface area contributed by atoms with Crippen LogP contribution in [0.2, 0.25) is 0 Å². The second-order valence-electron chi connectivity index (χ2n) is 6.91. The Bertz CT molecular complexity index is 385. The summed E-state index contributed by atoms with van der Waals surface area (Å²) in [4.78, 5) is 19.1. The van der Waals surface area contributed by atoms with E-state index in [1.165, 1.54) is 30.1 Å². The fourth-order valence-corrected chi connectivity index (χ4v) is 8.17. The van der Waals surface area contributed by atoms with Crippen molar-refractivity contribution in [2.75, 3.05) is 27.7 Å². The first-order valence-electron chi connectivity index (χ1n) is 7.41. The topological polar surface area (TPSA) is 77.8 Å². The molecule has 0 aromatic carbocycles. The van der Waals surface area contributed by atoms with E-state index >= 15 is 0 Å². The van der Waals surface area contributed by atoms with Crippen molar-refractivity contribution >= 4 is 29.2 Å². The minimum Gasteiger partial charge on any atom is -0.364 e. The summed E-state index contributed by atoms with van der Waals surface area (Å²) >= 11 is 0. The van der Waals surface area contributed by atoms with Crippen molar-refractivity contribution in [3.8, 4) is 0 Å². The zero-order valence-electron chi connectivity index (χ0n) is 13.4. The average Bonchev–Trinajstić information content (AvgIpc) is 2.33. The first-order chi connectivity index (χ1) is 9.48. The molecule has 0 amide bonds. The van der Waals surface area contributed by atoms with Gasteiger partial charge in [0.2, 0.25) is 0 Å². The predicted octanol–water partition coefficient (Wildman–Crippen LogP) is 2.87. The van der Waals surface area contributed by atoms with Crippen LogP contribution in [0.5, 0.6) is 0 Å². The maximum absolute atomic E-state index is 11.8. The third-order valence-electron chi connectivity index (χ3n) is 3.80. The molecule has 0 heterocycles. The van der Waals surface area contributed by atoms with Gasteiger partial charge in [-0.25, -0.2) is 0 Å². The van der Waals surface area contributed by atoms with E-state index in [2.05, 4.69) is 6.92 Å². The Hall–Kier alpha value is 0.770. The van der Waals surface area contributed by atoms with Crippen LogP contribution in [0.3, 0.4) is 0 Å². The summed E-state index contributed by atoms with van der Waals surface area (Å²) in [6.45, 7) is 2.17. The maximum atomic E-state index is 11.8. The van der Waals surface area contributed by atoms with Crippen LogP contribution >= 0.6 is 29.2 Å². The second kappa shape index (κ2) is 7.56. The number of hydrogen-bond donors (Lipinski definition) is 3. The molecule has 1 saturated carbocycles. The van der Waals surface area contributed by atoms with Gasteiger partial charge in [0.05, 0.1) is 21.1 Å². The van der Waals surface area contributed by atoms with E-state index < -0.39 is 12.3 Å². The molecule has 0 aliphatic heterocycles. The quantitative estimate of drug-likeness (QED) is 0.281. The van der Waals surface area contributed by atoms with Crippen LogP contribution in [0, 0.1) is 5.92 Å². The number of rotatable bonds is 7. The summed E-state index contributed by atoms with van der Waals surface area (Å²) in [5, 5.41) is 10.9. The molecular formula is C13H29NO4PS2+. The minimum absolute atomic E-state index is 0.0124. The molecule has 0 aromatic heterocycles. The molecule has 1 fully saturated rings. The fourth-order valence-electron chi connectivity index (χ4n) is 2.69. The Balaban J connectivity index is 2.76. The van der Waals surface area contributed by atoms with Crippen molar-refractivity contribution in [1.29, 1.82) is 0 Å². The normalized spacial score (nSPS) is 27.4. The van der Waals surface area contributed by atoms with Crippen LogP contribution in [-0.2, 0) is 4.57 Å². The van der Waals surface area contributed by atoms with Crippen molar-refractivity contribution in [1.82, 2.24) is 0 Å². The van der Waals surface area contributed by atoms with Crippen LogP contribution in [-0.4, -0.2) is 57.0 Å². The van der Waals surface area contributed by atoms with Gasteiger partial charge in [-0.1, -0.05) is 37.0 Å². The number of aliphatic hydroxyl groups is 1. The van der Waals surface area contributed by atoms with Gasteiger partial charge >= 0.3 is 7.60 Å². The van der Waals surface area contributed by atoms with E-state index in [0.29, 0.717) is 15.7 Å². The number of hydrogen-bond acceptors (Lipinski definition) is 4. The van der Waals surface area contributed by atoms with Gasteiger partial charge < -0.3 is 19.4 Å². The lowest BCUT2D eigenvalue weighted by molar-refractivity contribution is -0.873. The third kappa shape index (κ3) is 6.05. The number of nitrogens with zero attached hydrogens (tertiary/aromatic N) is 1. The van der Waals surface area contributed by atoms with Gasteiger partial charge in [-0.2, -0.15) is 0 Å². The zero-order valence-corrected chi connectivity index (χ0v) is 15.9. The van der Waals surface area contributed by atoms with Crippen LogP contribution < -0.4 is 0 Å². The second-order valence-corrected chi connectivity index (χ2v) is 11.8. The molecule has 3 atom stereocenters. The third-order valence-corrected chi connectivity index (χ3v) is 9.43. The van der Waals surface area contributed by atoms with E-state index in [1.54, 1.807) is 0 Å². The van der Waals surface area contributed by atoms with Crippen LogP contribution in [0.25, 0.3) is 0 Å². The summed E-state index contributed by atoms with van der Waals surface area (Å²) in [6.07, 6.45) is 5.73. The van der Waals surface area contributed by atoms with Crippen molar-refractivity contribution in [3.05, 3.63) is 0 Å². The minimum atomic E-state index is -4.60. The molecule has 1 aliphatic carbocycles. The fraction of sp³-hybridized carbons (Fsp3) is 1.00. The summed E-state index contributed by atoms with van der Waals surface area (Å²) in [6, 6.07) is 0. The Morgan fingerprint density at radius 1 is 1.24 bits per heavy atom. The van der Waals surface area contributed by atoms with Gasteiger partial charge in [0, 0.05) is 5.25 Å². The molecule has 3 N–H and O–H groups in total. The molecular weight excluding hydrogens is 329 g/mol. The monoisotopic (exact) mass is 358 g/mol. The summed E-state index contributed by atoms with van der Waals surface area (Å²) < 4.78 is 10.0. The molecule has 0 saturated heterocycles. The van der Waals surface area contributed by atoms with Crippen molar-refractivity contribution in [2.24, 2.45) is 5.92 Å². The molecule has 0 aromatic rings. The van der Waals surface area contributed by atoms with E-state index in [1.807, 2.05) is 21.1 Å². The lowest BCUT2D eigenvalue weighted by atomic mass is 9.87. The molecule has 126 valence electrons. The highest BCUT2D eigenvalue weighted by Crippen LogP contribution is 2.60. The number of quaternary nitrogens is 1. The first kappa shape index (κ1) is 19.8. The lowest BCUT2D eigenvalue weighted by Crippen LogP contribution is -2.47. The Morgan fingerprint density at radius 3 is 2.29 bits per heavy atom. The van der Waals surface area contributed by atoms with E-state index in [-0.39, 0.29) is 6.54 Å². The van der Waals surface area contributed by atoms with Gasteiger partial charge in [-0.3, -0.25) is 4.57 Å². The van der Waals surface area contributed by atoms with E-state index in [4.69, 9.17) is 0 Å². The largest absolute Gasteiger partial charge is 0.374 e. The first-order valence-corrected chi connectivity index (χ1v) is 11.2.